The number of hydrogen-bond acceptors (Lipinski definition) is 3. The molecule has 5 nitrogen and oxygen atoms in total. The minimum Gasteiger partial charge on any atom is -0.356 e. The van der Waals surface area contributed by atoms with Crippen molar-refractivity contribution in [3.05, 3.63) is 54.4 Å². The summed E-state index contributed by atoms with van der Waals surface area (Å²) in [5.74, 6) is 0.207. The Bertz CT molecular complexity index is 804. The maximum atomic E-state index is 12.9. The number of rotatable bonds is 7. The second-order valence-electron chi connectivity index (χ2n) is 7.57. The van der Waals surface area contributed by atoms with Gasteiger partial charge >= 0.3 is 0 Å². The monoisotopic (exact) mass is 379 g/mol. The molecule has 2 amide bonds. The Morgan fingerprint density at radius 2 is 1.93 bits per heavy atom. The Kier molecular flexibility index (Phi) is 6.45. The highest BCUT2D eigenvalue weighted by Crippen LogP contribution is 2.35. The molecule has 0 spiro atoms. The number of hydrogen-bond donors (Lipinski definition) is 1. The Balaban J connectivity index is 1.79. The van der Waals surface area contributed by atoms with E-state index >= 15 is 0 Å². The van der Waals surface area contributed by atoms with Crippen LogP contribution in [0.25, 0.3) is 11.1 Å². The lowest BCUT2D eigenvalue weighted by Crippen LogP contribution is -2.45. The van der Waals surface area contributed by atoms with Gasteiger partial charge in [0, 0.05) is 38.4 Å². The van der Waals surface area contributed by atoms with Crippen molar-refractivity contribution in [1.29, 1.82) is 0 Å². The largest absolute Gasteiger partial charge is 0.356 e. The first-order valence-electron chi connectivity index (χ1n) is 10.1. The van der Waals surface area contributed by atoms with Gasteiger partial charge < -0.3 is 10.2 Å². The van der Waals surface area contributed by atoms with Crippen LogP contribution in [0.15, 0.2) is 48.8 Å². The molecule has 3 rings (SSSR count). The predicted molar refractivity (Wildman–Crippen MR) is 111 cm³/mol. The van der Waals surface area contributed by atoms with Crippen molar-refractivity contribution in [3.8, 4) is 11.1 Å². The lowest BCUT2D eigenvalue weighted by molar-refractivity contribution is -0.133. The van der Waals surface area contributed by atoms with E-state index in [2.05, 4.69) is 34.6 Å². The van der Waals surface area contributed by atoms with Gasteiger partial charge in [0.1, 0.15) is 0 Å². The zero-order valence-corrected chi connectivity index (χ0v) is 16.8. The predicted octanol–water partition coefficient (Wildman–Crippen LogP) is 3.45. The molecule has 1 aromatic carbocycles. The molecule has 1 aliphatic heterocycles. The number of carbonyl (C=O) groups excluding carboxylic acids is 2. The third-order valence-corrected chi connectivity index (χ3v) is 5.48. The van der Waals surface area contributed by atoms with Crippen LogP contribution in [0.4, 0.5) is 0 Å². The molecule has 5 heteroatoms. The first-order valence-corrected chi connectivity index (χ1v) is 10.1. The Hall–Kier alpha value is -2.69. The molecule has 2 heterocycles. The van der Waals surface area contributed by atoms with Crippen LogP contribution in [-0.2, 0) is 16.0 Å². The van der Waals surface area contributed by atoms with Crippen molar-refractivity contribution < 1.29 is 9.59 Å². The molecule has 0 saturated carbocycles. The number of carbonyl (C=O) groups is 2. The number of aromatic nitrogens is 1. The summed E-state index contributed by atoms with van der Waals surface area (Å²) in [6.07, 6.45) is 6.34. The van der Waals surface area contributed by atoms with Crippen molar-refractivity contribution in [3.63, 3.8) is 0 Å². The summed E-state index contributed by atoms with van der Waals surface area (Å²) in [5, 5.41) is 2.99. The van der Waals surface area contributed by atoms with Gasteiger partial charge in [-0.2, -0.15) is 0 Å². The van der Waals surface area contributed by atoms with E-state index in [1.165, 1.54) is 0 Å². The second-order valence-corrected chi connectivity index (χ2v) is 7.57. The molecular formula is C23H29N3O2. The standard InChI is InChI=1S/C23H29N3O2/c1-3-6-21(27)26-14-12-23(17-26,22(28)25-4-2)15-18-8-10-19(11-9-18)20-7-5-13-24-16-20/h5,7-11,13,16H,3-4,6,12,14-15,17H2,1-2H3,(H,25,28)/t23-/m0/s1. The first kappa shape index (κ1) is 20.1. The van der Waals surface area contributed by atoms with Gasteiger partial charge in [-0.3, -0.25) is 14.6 Å². The van der Waals surface area contributed by atoms with E-state index in [0.717, 1.165) is 23.1 Å². The van der Waals surface area contributed by atoms with Crippen LogP contribution in [0.5, 0.6) is 0 Å². The normalized spacial score (nSPS) is 18.9. The average Bonchev–Trinajstić information content (AvgIpc) is 3.15. The second kappa shape index (κ2) is 9.00. The third-order valence-electron chi connectivity index (χ3n) is 5.48. The Morgan fingerprint density at radius 1 is 1.14 bits per heavy atom. The van der Waals surface area contributed by atoms with E-state index in [1.54, 1.807) is 6.20 Å². The van der Waals surface area contributed by atoms with E-state index in [0.29, 0.717) is 38.9 Å². The van der Waals surface area contributed by atoms with Gasteiger partial charge in [-0.05, 0) is 48.9 Å². The molecule has 1 N–H and O–H groups in total. The maximum Gasteiger partial charge on any atom is 0.228 e. The smallest absolute Gasteiger partial charge is 0.228 e. The highest BCUT2D eigenvalue weighted by molar-refractivity contribution is 5.85. The molecule has 0 radical (unpaired) electrons. The van der Waals surface area contributed by atoms with E-state index in [4.69, 9.17) is 0 Å². The number of benzene rings is 1. The van der Waals surface area contributed by atoms with Gasteiger partial charge in [-0.25, -0.2) is 0 Å². The number of nitrogens with one attached hydrogen (secondary N) is 1. The molecule has 1 aromatic heterocycles. The van der Waals surface area contributed by atoms with Crippen LogP contribution < -0.4 is 5.32 Å². The molecule has 1 atom stereocenters. The van der Waals surface area contributed by atoms with Crippen LogP contribution >= 0.6 is 0 Å². The van der Waals surface area contributed by atoms with Crippen LogP contribution in [0.2, 0.25) is 0 Å². The summed E-state index contributed by atoms with van der Waals surface area (Å²) < 4.78 is 0. The highest BCUT2D eigenvalue weighted by atomic mass is 16.2. The molecular weight excluding hydrogens is 350 g/mol. The Morgan fingerprint density at radius 3 is 2.57 bits per heavy atom. The summed E-state index contributed by atoms with van der Waals surface area (Å²) in [4.78, 5) is 31.3. The molecule has 28 heavy (non-hydrogen) atoms. The molecule has 0 bridgehead atoms. The number of pyridine rings is 1. The quantitative estimate of drug-likeness (QED) is 0.801. The number of nitrogens with zero attached hydrogens (tertiary/aromatic N) is 2. The molecule has 148 valence electrons. The lowest BCUT2D eigenvalue weighted by Gasteiger charge is -2.28. The van der Waals surface area contributed by atoms with E-state index in [-0.39, 0.29) is 11.8 Å². The summed E-state index contributed by atoms with van der Waals surface area (Å²) in [6, 6.07) is 12.3. The van der Waals surface area contributed by atoms with Crippen LogP contribution in [-0.4, -0.2) is 41.3 Å². The topological polar surface area (TPSA) is 62.3 Å². The maximum absolute atomic E-state index is 12.9. The van der Waals surface area contributed by atoms with E-state index in [9.17, 15) is 9.59 Å². The van der Waals surface area contributed by atoms with Crippen molar-refractivity contribution in [2.75, 3.05) is 19.6 Å². The number of amides is 2. The molecule has 1 aliphatic rings. The van der Waals surface area contributed by atoms with Gasteiger partial charge in [0.2, 0.25) is 11.8 Å². The fraction of sp³-hybridized carbons (Fsp3) is 0.435. The molecule has 2 aromatic rings. The molecule has 0 aliphatic carbocycles. The van der Waals surface area contributed by atoms with E-state index in [1.807, 2.05) is 37.1 Å². The van der Waals surface area contributed by atoms with Gasteiger partial charge in [0.25, 0.3) is 0 Å². The van der Waals surface area contributed by atoms with Crippen molar-refractivity contribution in [2.45, 2.75) is 39.5 Å². The van der Waals surface area contributed by atoms with Crippen molar-refractivity contribution in [1.82, 2.24) is 15.2 Å². The van der Waals surface area contributed by atoms with Crippen LogP contribution in [0.3, 0.4) is 0 Å². The van der Waals surface area contributed by atoms with Gasteiger partial charge in [0.15, 0.2) is 0 Å². The SMILES string of the molecule is CCCC(=O)N1CC[C@@](Cc2ccc(-c3cccnc3)cc2)(C(=O)NCC)C1. The third kappa shape index (κ3) is 4.41. The molecule has 1 fully saturated rings. The van der Waals surface area contributed by atoms with Gasteiger partial charge in [0.05, 0.1) is 5.41 Å². The average molecular weight is 380 g/mol. The highest BCUT2D eigenvalue weighted by Gasteiger charge is 2.45. The Labute approximate surface area is 167 Å². The van der Waals surface area contributed by atoms with Crippen LogP contribution in [0.1, 0.15) is 38.7 Å². The fourth-order valence-corrected chi connectivity index (χ4v) is 3.95. The number of likely N-dealkylation sites (tertiary alicyclic amines) is 1. The zero-order chi connectivity index (χ0) is 20.0. The van der Waals surface area contributed by atoms with Gasteiger partial charge in [-0.1, -0.05) is 37.3 Å². The molecule has 1 saturated heterocycles. The fourth-order valence-electron chi connectivity index (χ4n) is 3.95. The lowest BCUT2D eigenvalue weighted by atomic mass is 9.79. The summed E-state index contributed by atoms with van der Waals surface area (Å²) in [6.45, 7) is 5.70. The summed E-state index contributed by atoms with van der Waals surface area (Å²) in [7, 11) is 0. The minimum absolute atomic E-state index is 0.0538. The van der Waals surface area contributed by atoms with Crippen LogP contribution in [0, 0.1) is 5.41 Å². The summed E-state index contributed by atoms with van der Waals surface area (Å²) in [5.41, 5.74) is 2.75. The molecule has 0 unspecified atom stereocenters. The minimum atomic E-state index is -0.546. The van der Waals surface area contributed by atoms with Gasteiger partial charge in [-0.15, -0.1) is 0 Å². The summed E-state index contributed by atoms with van der Waals surface area (Å²) >= 11 is 0. The van der Waals surface area contributed by atoms with Crippen molar-refractivity contribution in [2.24, 2.45) is 5.41 Å². The first-order chi connectivity index (χ1) is 13.6. The zero-order valence-electron chi connectivity index (χ0n) is 16.8. The van der Waals surface area contributed by atoms with Crippen molar-refractivity contribution >= 4 is 11.8 Å². The van der Waals surface area contributed by atoms with E-state index < -0.39 is 5.41 Å².